The molecule has 2 aromatic heterocycles. The van der Waals surface area contributed by atoms with Crippen LogP contribution in [-0.4, -0.2) is 43.5 Å². The highest BCUT2D eigenvalue weighted by molar-refractivity contribution is 5.90. The van der Waals surface area contributed by atoms with Crippen LogP contribution in [0.15, 0.2) is 10.9 Å². The summed E-state index contributed by atoms with van der Waals surface area (Å²) in [5, 5.41) is 2.78. The second-order valence-electron chi connectivity index (χ2n) is 6.02. The molecule has 1 N–H and O–H groups in total. The van der Waals surface area contributed by atoms with Crippen LogP contribution in [0.5, 0.6) is 0 Å². The van der Waals surface area contributed by atoms with E-state index in [-0.39, 0.29) is 23.1 Å². The van der Waals surface area contributed by atoms with Gasteiger partial charge in [-0.05, 0) is 25.2 Å². The number of piperidine rings is 1. The largest absolute Gasteiger partial charge is 0.336 e. The molecule has 1 aliphatic heterocycles. The van der Waals surface area contributed by atoms with Crippen LogP contribution in [0.1, 0.15) is 49.4 Å². The molecule has 0 unspecified atom stereocenters. The first-order valence-electron chi connectivity index (χ1n) is 7.86. The van der Waals surface area contributed by atoms with Crippen molar-refractivity contribution in [2.24, 2.45) is 5.92 Å². The van der Waals surface area contributed by atoms with E-state index >= 15 is 0 Å². The normalized spacial score (nSPS) is 16.4. The van der Waals surface area contributed by atoms with Gasteiger partial charge in [-0.3, -0.25) is 14.7 Å². The fourth-order valence-electron chi connectivity index (χ4n) is 2.77. The first-order chi connectivity index (χ1) is 10.6. The summed E-state index contributed by atoms with van der Waals surface area (Å²) in [4.78, 5) is 34.9. The maximum absolute atomic E-state index is 12.5. The highest BCUT2D eigenvalue weighted by Crippen LogP contribution is 2.17. The molecule has 118 valence electrons. The van der Waals surface area contributed by atoms with Gasteiger partial charge in [0.25, 0.3) is 17.2 Å². The van der Waals surface area contributed by atoms with Gasteiger partial charge >= 0.3 is 0 Å². The topological polar surface area (TPSA) is 83.4 Å². The third-order valence-corrected chi connectivity index (χ3v) is 4.16. The molecule has 0 bridgehead atoms. The molecule has 3 heterocycles. The Labute approximate surface area is 128 Å². The van der Waals surface area contributed by atoms with Crippen LogP contribution in [0.2, 0.25) is 0 Å². The summed E-state index contributed by atoms with van der Waals surface area (Å²) in [6.07, 6.45) is 3.65. The Morgan fingerprint density at radius 2 is 2.09 bits per heavy atom. The van der Waals surface area contributed by atoms with Crippen molar-refractivity contribution in [3.63, 3.8) is 0 Å². The summed E-state index contributed by atoms with van der Waals surface area (Å²) in [5.41, 5.74) is 0.483. The summed E-state index contributed by atoms with van der Waals surface area (Å²) >= 11 is 0. The summed E-state index contributed by atoms with van der Waals surface area (Å²) in [5.74, 6) is 0.951. The molecule has 1 aliphatic rings. The van der Waals surface area contributed by atoms with Crippen LogP contribution < -0.4 is 5.56 Å². The van der Waals surface area contributed by atoms with E-state index in [1.54, 1.807) is 4.90 Å². The van der Waals surface area contributed by atoms with Gasteiger partial charge in [-0.1, -0.05) is 20.3 Å². The number of fused-ring (bicyclic) bond motifs is 1. The molecule has 0 aliphatic carbocycles. The van der Waals surface area contributed by atoms with Crippen molar-refractivity contribution in [1.82, 2.24) is 24.5 Å². The lowest BCUT2D eigenvalue weighted by Gasteiger charge is -2.29. The number of aromatic amines is 1. The summed E-state index contributed by atoms with van der Waals surface area (Å²) in [7, 11) is 0. The Hall–Kier alpha value is -2.18. The zero-order chi connectivity index (χ0) is 15.7. The van der Waals surface area contributed by atoms with Crippen LogP contribution in [-0.2, 0) is 6.42 Å². The second-order valence-corrected chi connectivity index (χ2v) is 6.02. The number of rotatable bonds is 3. The van der Waals surface area contributed by atoms with Crippen LogP contribution >= 0.6 is 0 Å². The number of hydrogen-bond acceptors (Lipinski definition) is 4. The van der Waals surface area contributed by atoms with Crippen molar-refractivity contribution in [2.75, 3.05) is 13.1 Å². The lowest BCUT2D eigenvalue weighted by molar-refractivity contribution is 0.0685. The minimum Gasteiger partial charge on any atom is -0.336 e. The van der Waals surface area contributed by atoms with E-state index in [1.807, 2.05) is 6.92 Å². The SMILES string of the molecule is CCCc1cc(=O)n2[nH]c(C(=O)N3CCC(C)CC3)nc2n1. The number of hydrogen-bond donors (Lipinski definition) is 1. The van der Waals surface area contributed by atoms with E-state index in [2.05, 4.69) is 22.0 Å². The third-order valence-electron chi connectivity index (χ3n) is 4.16. The average Bonchev–Trinajstić information content (AvgIpc) is 2.92. The summed E-state index contributed by atoms with van der Waals surface area (Å²) in [6, 6.07) is 1.49. The Balaban J connectivity index is 1.90. The Morgan fingerprint density at radius 1 is 1.36 bits per heavy atom. The molecular weight excluding hydrogens is 282 g/mol. The Morgan fingerprint density at radius 3 is 2.77 bits per heavy atom. The highest BCUT2D eigenvalue weighted by atomic mass is 16.2. The van der Waals surface area contributed by atoms with Gasteiger partial charge in [-0.2, -0.15) is 9.50 Å². The van der Waals surface area contributed by atoms with E-state index < -0.39 is 0 Å². The van der Waals surface area contributed by atoms with Crippen LogP contribution in [0.4, 0.5) is 0 Å². The standard InChI is InChI=1S/C15H21N5O2/c1-3-4-11-9-12(21)20-15(16-11)17-13(18-20)14(22)19-7-5-10(2)6-8-19/h9-10H,3-8H2,1-2H3,(H,16,17,18). The quantitative estimate of drug-likeness (QED) is 0.924. The number of aromatic nitrogens is 4. The maximum atomic E-state index is 12.5. The first kappa shape index (κ1) is 14.7. The molecule has 7 heteroatoms. The molecule has 1 amide bonds. The van der Waals surface area contributed by atoms with Gasteiger partial charge in [-0.15, -0.1) is 0 Å². The zero-order valence-electron chi connectivity index (χ0n) is 13.0. The average molecular weight is 303 g/mol. The number of carbonyl (C=O) groups is 1. The van der Waals surface area contributed by atoms with Gasteiger partial charge in [0.05, 0.1) is 5.69 Å². The second kappa shape index (κ2) is 5.90. The molecule has 0 saturated carbocycles. The molecule has 0 radical (unpaired) electrons. The molecule has 7 nitrogen and oxygen atoms in total. The van der Waals surface area contributed by atoms with E-state index in [9.17, 15) is 9.59 Å². The van der Waals surface area contributed by atoms with Crippen LogP contribution in [0.3, 0.4) is 0 Å². The van der Waals surface area contributed by atoms with Gasteiger partial charge in [0.1, 0.15) is 0 Å². The van der Waals surface area contributed by atoms with Crippen molar-refractivity contribution in [1.29, 1.82) is 0 Å². The van der Waals surface area contributed by atoms with E-state index in [4.69, 9.17) is 0 Å². The molecule has 1 saturated heterocycles. The monoisotopic (exact) mass is 303 g/mol. The fraction of sp³-hybridized carbons (Fsp3) is 0.600. The minimum absolute atomic E-state index is 0.158. The van der Waals surface area contributed by atoms with Crippen molar-refractivity contribution in [3.05, 3.63) is 27.9 Å². The first-order valence-corrected chi connectivity index (χ1v) is 7.86. The summed E-state index contributed by atoms with van der Waals surface area (Å²) in [6.45, 7) is 5.70. The van der Waals surface area contributed by atoms with Crippen molar-refractivity contribution in [3.8, 4) is 0 Å². The number of nitrogens with one attached hydrogen (secondary N) is 1. The number of likely N-dealkylation sites (tertiary alicyclic amines) is 1. The molecule has 2 aromatic rings. The molecular formula is C15H21N5O2. The number of carbonyl (C=O) groups excluding carboxylic acids is 1. The Kier molecular flexibility index (Phi) is 3.96. The van der Waals surface area contributed by atoms with Crippen molar-refractivity contribution < 1.29 is 4.79 Å². The number of H-pyrrole nitrogens is 1. The van der Waals surface area contributed by atoms with Gasteiger partial charge < -0.3 is 4.90 Å². The minimum atomic E-state index is -0.229. The van der Waals surface area contributed by atoms with E-state index in [1.165, 1.54) is 10.6 Å². The third kappa shape index (κ3) is 2.75. The highest BCUT2D eigenvalue weighted by Gasteiger charge is 2.24. The zero-order valence-corrected chi connectivity index (χ0v) is 13.0. The number of amides is 1. The molecule has 0 spiro atoms. The van der Waals surface area contributed by atoms with E-state index in [0.717, 1.165) is 38.8 Å². The van der Waals surface area contributed by atoms with Gasteiger partial charge in [-0.25, -0.2) is 4.98 Å². The molecule has 22 heavy (non-hydrogen) atoms. The maximum Gasteiger partial charge on any atom is 0.291 e. The molecule has 3 rings (SSSR count). The fourth-order valence-corrected chi connectivity index (χ4v) is 2.77. The van der Waals surface area contributed by atoms with Gasteiger partial charge in [0.2, 0.25) is 5.82 Å². The predicted molar refractivity (Wildman–Crippen MR) is 81.9 cm³/mol. The predicted octanol–water partition coefficient (Wildman–Crippen LogP) is 1.24. The van der Waals surface area contributed by atoms with Gasteiger partial charge in [0.15, 0.2) is 0 Å². The van der Waals surface area contributed by atoms with Crippen LogP contribution in [0.25, 0.3) is 5.78 Å². The lowest BCUT2D eigenvalue weighted by Crippen LogP contribution is -2.38. The van der Waals surface area contributed by atoms with E-state index in [0.29, 0.717) is 11.6 Å². The molecule has 0 aromatic carbocycles. The summed E-state index contributed by atoms with van der Waals surface area (Å²) < 4.78 is 1.24. The van der Waals surface area contributed by atoms with Crippen LogP contribution in [0, 0.1) is 5.92 Å². The van der Waals surface area contributed by atoms with Gasteiger partial charge in [0, 0.05) is 19.2 Å². The Bertz CT molecular complexity index is 740. The molecule has 0 atom stereocenters. The van der Waals surface area contributed by atoms with Crippen molar-refractivity contribution in [2.45, 2.75) is 39.5 Å². The molecule has 1 fully saturated rings. The lowest BCUT2D eigenvalue weighted by atomic mass is 9.99. The number of aryl methyl sites for hydroxylation is 1. The smallest absolute Gasteiger partial charge is 0.291 e. The van der Waals surface area contributed by atoms with Crippen molar-refractivity contribution >= 4 is 11.7 Å². The number of nitrogens with zero attached hydrogens (tertiary/aromatic N) is 4.